The Hall–Kier alpha value is -1.22. The molecule has 0 radical (unpaired) electrons. The van der Waals surface area contributed by atoms with Crippen LogP contribution in [-0.2, 0) is 0 Å². The normalized spacial score (nSPS) is 19.8. The van der Waals surface area contributed by atoms with Gasteiger partial charge in [-0.05, 0) is 37.5 Å². The van der Waals surface area contributed by atoms with E-state index in [1.54, 1.807) is 7.11 Å². The second kappa shape index (κ2) is 6.29. The lowest BCUT2D eigenvalue weighted by atomic mass is 10.0. The van der Waals surface area contributed by atoms with Gasteiger partial charge in [-0.25, -0.2) is 0 Å². The number of hydrogen-bond acceptors (Lipinski definition) is 3. The molecule has 1 aliphatic rings. The maximum absolute atomic E-state index is 5.51. The SMILES string of the molecule is COc1ccc(C)cc1N1CCCC(NC(C)C)C1. The van der Waals surface area contributed by atoms with E-state index < -0.39 is 0 Å². The van der Waals surface area contributed by atoms with E-state index in [1.165, 1.54) is 24.1 Å². The van der Waals surface area contributed by atoms with Crippen molar-refractivity contribution in [3.63, 3.8) is 0 Å². The fourth-order valence-electron chi connectivity index (χ4n) is 2.85. The number of methoxy groups -OCH3 is 1. The molecule has 3 nitrogen and oxygen atoms in total. The number of aryl methyl sites for hydroxylation is 1. The molecule has 2 rings (SSSR count). The van der Waals surface area contributed by atoms with Crippen LogP contribution in [0.15, 0.2) is 18.2 Å². The lowest BCUT2D eigenvalue weighted by Gasteiger charge is -2.36. The van der Waals surface area contributed by atoms with Gasteiger partial charge >= 0.3 is 0 Å². The first-order valence-electron chi connectivity index (χ1n) is 7.26. The summed E-state index contributed by atoms with van der Waals surface area (Å²) in [5, 5.41) is 3.65. The number of hydrogen-bond donors (Lipinski definition) is 1. The minimum Gasteiger partial charge on any atom is -0.495 e. The molecule has 1 N–H and O–H groups in total. The molecule has 1 aromatic rings. The van der Waals surface area contributed by atoms with Crippen molar-refractivity contribution >= 4 is 5.69 Å². The van der Waals surface area contributed by atoms with E-state index in [1.807, 2.05) is 0 Å². The first-order chi connectivity index (χ1) is 9.10. The Morgan fingerprint density at radius 3 is 2.84 bits per heavy atom. The molecule has 1 atom stereocenters. The van der Waals surface area contributed by atoms with Crippen LogP contribution in [0.5, 0.6) is 5.75 Å². The zero-order valence-electron chi connectivity index (χ0n) is 12.6. The summed E-state index contributed by atoms with van der Waals surface area (Å²) in [5.74, 6) is 0.982. The minimum absolute atomic E-state index is 0.546. The number of ether oxygens (including phenoxy) is 1. The van der Waals surface area contributed by atoms with Gasteiger partial charge in [-0.2, -0.15) is 0 Å². The van der Waals surface area contributed by atoms with E-state index in [4.69, 9.17) is 4.74 Å². The van der Waals surface area contributed by atoms with Gasteiger partial charge in [-0.15, -0.1) is 0 Å². The summed E-state index contributed by atoms with van der Waals surface area (Å²) in [6, 6.07) is 7.54. The Balaban J connectivity index is 2.14. The van der Waals surface area contributed by atoms with Gasteiger partial charge in [0.15, 0.2) is 0 Å². The standard InChI is InChI=1S/C16H26N2O/c1-12(2)17-14-6-5-9-18(11-14)15-10-13(3)7-8-16(15)19-4/h7-8,10,12,14,17H,5-6,9,11H2,1-4H3. The fraction of sp³-hybridized carbons (Fsp3) is 0.625. The van der Waals surface area contributed by atoms with Crippen molar-refractivity contribution < 1.29 is 4.74 Å². The molecule has 1 heterocycles. The summed E-state index contributed by atoms with van der Waals surface area (Å²) >= 11 is 0. The van der Waals surface area contributed by atoms with Crippen LogP contribution in [-0.4, -0.2) is 32.3 Å². The molecule has 1 unspecified atom stereocenters. The highest BCUT2D eigenvalue weighted by Crippen LogP contribution is 2.31. The van der Waals surface area contributed by atoms with Crippen molar-refractivity contribution in [2.75, 3.05) is 25.1 Å². The quantitative estimate of drug-likeness (QED) is 0.903. The Labute approximate surface area is 116 Å². The Bertz CT molecular complexity index is 417. The monoisotopic (exact) mass is 262 g/mol. The highest BCUT2D eigenvalue weighted by Gasteiger charge is 2.22. The second-order valence-electron chi connectivity index (χ2n) is 5.78. The smallest absolute Gasteiger partial charge is 0.142 e. The van der Waals surface area contributed by atoms with Crippen LogP contribution in [0.3, 0.4) is 0 Å². The topological polar surface area (TPSA) is 24.5 Å². The molecule has 19 heavy (non-hydrogen) atoms. The molecular formula is C16H26N2O. The molecule has 1 aromatic carbocycles. The van der Waals surface area contributed by atoms with Crippen molar-refractivity contribution in [2.24, 2.45) is 0 Å². The molecule has 106 valence electrons. The molecule has 0 bridgehead atoms. The van der Waals surface area contributed by atoms with Gasteiger partial charge < -0.3 is 15.0 Å². The average molecular weight is 262 g/mol. The van der Waals surface area contributed by atoms with Crippen LogP contribution in [0, 0.1) is 6.92 Å². The van der Waals surface area contributed by atoms with Gasteiger partial charge in [0.2, 0.25) is 0 Å². The van der Waals surface area contributed by atoms with Gasteiger partial charge in [0.25, 0.3) is 0 Å². The predicted octanol–water partition coefficient (Wildman–Crippen LogP) is 2.97. The van der Waals surface area contributed by atoms with Crippen LogP contribution >= 0.6 is 0 Å². The summed E-state index contributed by atoms with van der Waals surface area (Å²) in [6.07, 6.45) is 2.50. The van der Waals surface area contributed by atoms with Crippen molar-refractivity contribution in [2.45, 2.75) is 45.7 Å². The second-order valence-corrected chi connectivity index (χ2v) is 5.78. The Kier molecular flexibility index (Phi) is 4.70. The molecule has 0 aromatic heterocycles. The molecule has 0 aliphatic carbocycles. The summed E-state index contributed by atoms with van der Waals surface area (Å²) in [5.41, 5.74) is 2.52. The molecule has 1 aliphatic heterocycles. The number of piperidine rings is 1. The highest BCUT2D eigenvalue weighted by molar-refractivity contribution is 5.60. The van der Waals surface area contributed by atoms with Gasteiger partial charge in [0.05, 0.1) is 12.8 Å². The van der Waals surface area contributed by atoms with Crippen LogP contribution in [0.1, 0.15) is 32.3 Å². The number of benzene rings is 1. The van der Waals surface area contributed by atoms with Crippen LogP contribution < -0.4 is 15.0 Å². The molecule has 0 amide bonds. The summed E-state index contributed by atoms with van der Waals surface area (Å²) in [4.78, 5) is 2.45. The molecule has 0 saturated carbocycles. The largest absolute Gasteiger partial charge is 0.495 e. The summed E-state index contributed by atoms with van der Waals surface area (Å²) < 4.78 is 5.51. The maximum Gasteiger partial charge on any atom is 0.142 e. The average Bonchev–Trinajstić information content (AvgIpc) is 2.38. The minimum atomic E-state index is 0.546. The summed E-state index contributed by atoms with van der Waals surface area (Å²) in [6.45, 7) is 8.75. The van der Waals surface area contributed by atoms with E-state index in [2.05, 4.69) is 49.2 Å². The van der Waals surface area contributed by atoms with E-state index in [0.717, 1.165) is 18.8 Å². The molecular weight excluding hydrogens is 236 g/mol. The third-order valence-corrected chi connectivity index (χ3v) is 3.67. The molecule has 1 saturated heterocycles. The zero-order chi connectivity index (χ0) is 13.8. The summed E-state index contributed by atoms with van der Waals surface area (Å²) in [7, 11) is 1.75. The van der Waals surface area contributed by atoms with Gasteiger partial charge in [0.1, 0.15) is 5.75 Å². The van der Waals surface area contributed by atoms with E-state index in [9.17, 15) is 0 Å². The number of nitrogens with one attached hydrogen (secondary N) is 1. The van der Waals surface area contributed by atoms with Crippen molar-refractivity contribution in [1.29, 1.82) is 0 Å². The van der Waals surface area contributed by atoms with E-state index in [0.29, 0.717) is 12.1 Å². The first kappa shape index (κ1) is 14.2. The Morgan fingerprint density at radius 1 is 1.37 bits per heavy atom. The van der Waals surface area contributed by atoms with E-state index in [-0.39, 0.29) is 0 Å². The van der Waals surface area contributed by atoms with Gasteiger partial charge in [0, 0.05) is 25.2 Å². The number of nitrogens with zero attached hydrogens (tertiary/aromatic N) is 1. The van der Waals surface area contributed by atoms with Gasteiger partial charge in [-0.1, -0.05) is 19.9 Å². The highest BCUT2D eigenvalue weighted by atomic mass is 16.5. The van der Waals surface area contributed by atoms with Gasteiger partial charge in [-0.3, -0.25) is 0 Å². The van der Waals surface area contributed by atoms with Crippen molar-refractivity contribution in [1.82, 2.24) is 5.32 Å². The molecule has 1 fully saturated rings. The predicted molar refractivity (Wildman–Crippen MR) is 81.2 cm³/mol. The zero-order valence-corrected chi connectivity index (χ0v) is 12.6. The fourth-order valence-corrected chi connectivity index (χ4v) is 2.85. The van der Waals surface area contributed by atoms with Crippen LogP contribution in [0.25, 0.3) is 0 Å². The molecule has 0 spiro atoms. The third kappa shape index (κ3) is 3.63. The molecule has 3 heteroatoms. The first-order valence-corrected chi connectivity index (χ1v) is 7.26. The maximum atomic E-state index is 5.51. The number of anilines is 1. The van der Waals surface area contributed by atoms with Crippen molar-refractivity contribution in [3.8, 4) is 5.75 Å². The third-order valence-electron chi connectivity index (χ3n) is 3.67. The number of rotatable bonds is 4. The van der Waals surface area contributed by atoms with Crippen LogP contribution in [0.4, 0.5) is 5.69 Å². The Morgan fingerprint density at radius 2 is 2.16 bits per heavy atom. The van der Waals surface area contributed by atoms with Crippen molar-refractivity contribution in [3.05, 3.63) is 23.8 Å². The van der Waals surface area contributed by atoms with E-state index >= 15 is 0 Å². The lowest BCUT2D eigenvalue weighted by Crippen LogP contribution is -2.48. The lowest BCUT2D eigenvalue weighted by molar-refractivity contribution is 0.385. The van der Waals surface area contributed by atoms with Crippen LogP contribution in [0.2, 0.25) is 0 Å².